The van der Waals surface area contributed by atoms with E-state index in [9.17, 15) is 4.39 Å². The Balaban J connectivity index is 2.76. The van der Waals surface area contributed by atoms with Gasteiger partial charge in [0.25, 0.3) is 0 Å². The highest BCUT2D eigenvalue weighted by Gasteiger charge is 2.09. The molecule has 1 aromatic heterocycles. The number of halogens is 1. The van der Waals surface area contributed by atoms with E-state index in [1.54, 1.807) is 6.92 Å². The zero-order chi connectivity index (χ0) is 10.6. The molecule has 0 fully saturated rings. The van der Waals surface area contributed by atoms with Crippen LogP contribution in [0.2, 0.25) is 0 Å². The number of nitrogens with zero attached hydrogens (tertiary/aromatic N) is 2. The monoisotopic (exact) mass is 199 g/mol. The highest BCUT2D eigenvalue weighted by molar-refractivity contribution is 5.37. The number of rotatable bonds is 4. The first kappa shape index (κ1) is 10.8. The molecular weight excluding hydrogens is 185 g/mol. The van der Waals surface area contributed by atoms with Crippen LogP contribution >= 0.6 is 0 Å². The van der Waals surface area contributed by atoms with Gasteiger partial charge in [0.2, 0.25) is 0 Å². The van der Waals surface area contributed by atoms with E-state index < -0.39 is 11.9 Å². The number of hydrogen-bond donors (Lipinski definition) is 2. The molecule has 0 aliphatic carbocycles. The molecule has 2 N–H and O–H groups in total. The Kier molecular flexibility index (Phi) is 3.76. The van der Waals surface area contributed by atoms with E-state index >= 15 is 0 Å². The molecule has 0 aromatic carbocycles. The summed E-state index contributed by atoms with van der Waals surface area (Å²) in [5.74, 6) is -0.284. The second-order valence-electron chi connectivity index (χ2n) is 3.07. The van der Waals surface area contributed by atoms with Crippen LogP contribution in [0.3, 0.4) is 0 Å². The van der Waals surface area contributed by atoms with Gasteiger partial charge in [0, 0.05) is 6.54 Å². The first-order valence-electron chi connectivity index (χ1n) is 4.56. The zero-order valence-electron chi connectivity index (χ0n) is 8.29. The van der Waals surface area contributed by atoms with Crippen LogP contribution in [0.25, 0.3) is 0 Å². The second kappa shape index (κ2) is 4.85. The smallest absolute Gasteiger partial charge is 0.186 e. The van der Waals surface area contributed by atoms with Crippen molar-refractivity contribution in [1.82, 2.24) is 9.97 Å². The van der Waals surface area contributed by atoms with Gasteiger partial charge in [-0.05, 0) is 13.3 Å². The Morgan fingerprint density at radius 2 is 2.29 bits per heavy atom. The summed E-state index contributed by atoms with van der Waals surface area (Å²) in [4.78, 5) is 7.55. The van der Waals surface area contributed by atoms with Gasteiger partial charge in [-0.3, -0.25) is 0 Å². The number of aliphatic hydroxyl groups excluding tert-OH is 1. The molecule has 1 rings (SSSR count). The van der Waals surface area contributed by atoms with Crippen LogP contribution in [0.1, 0.15) is 19.5 Å². The lowest BCUT2D eigenvalue weighted by Gasteiger charge is -2.09. The standard InChI is InChI=1S/C9H14FN3O/c1-3-7-8(10)9(13-5-12-7)11-4-6(2)14/h5-6,14H,3-4H2,1-2H3,(H,11,12,13)/t6-/m0/s1. The number of aryl methyl sites for hydroxylation is 1. The summed E-state index contributed by atoms with van der Waals surface area (Å²) in [6.07, 6.45) is 1.30. The Morgan fingerprint density at radius 3 is 2.86 bits per heavy atom. The fourth-order valence-corrected chi connectivity index (χ4v) is 1.02. The fourth-order valence-electron chi connectivity index (χ4n) is 1.02. The maximum Gasteiger partial charge on any atom is 0.186 e. The number of nitrogens with one attached hydrogen (secondary N) is 1. The predicted octanol–water partition coefficient (Wildman–Crippen LogP) is 0.971. The molecule has 4 nitrogen and oxygen atoms in total. The minimum Gasteiger partial charge on any atom is -0.392 e. The molecule has 0 unspecified atom stereocenters. The van der Waals surface area contributed by atoms with Crippen molar-refractivity contribution >= 4 is 5.82 Å². The van der Waals surface area contributed by atoms with Crippen molar-refractivity contribution in [2.24, 2.45) is 0 Å². The molecule has 1 heterocycles. The minimum absolute atomic E-state index is 0.151. The minimum atomic E-state index is -0.533. The number of hydrogen-bond acceptors (Lipinski definition) is 4. The van der Waals surface area contributed by atoms with Gasteiger partial charge in [-0.15, -0.1) is 0 Å². The number of anilines is 1. The van der Waals surface area contributed by atoms with Gasteiger partial charge in [-0.2, -0.15) is 0 Å². The maximum atomic E-state index is 13.5. The van der Waals surface area contributed by atoms with Crippen LogP contribution < -0.4 is 5.32 Å². The van der Waals surface area contributed by atoms with Crippen molar-refractivity contribution < 1.29 is 9.50 Å². The average molecular weight is 199 g/mol. The third-order valence-electron chi connectivity index (χ3n) is 1.76. The third kappa shape index (κ3) is 2.63. The normalized spacial score (nSPS) is 12.6. The van der Waals surface area contributed by atoms with Crippen molar-refractivity contribution in [2.75, 3.05) is 11.9 Å². The highest BCUT2D eigenvalue weighted by Crippen LogP contribution is 2.12. The van der Waals surface area contributed by atoms with Crippen LogP contribution in [0, 0.1) is 5.82 Å². The first-order chi connectivity index (χ1) is 6.65. The molecule has 0 bridgehead atoms. The van der Waals surface area contributed by atoms with Crippen molar-refractivity contribution in [3.8, 4) is 0 Å². The van der Waals surface area contributed by atoms with Gasteiger partial charge >= 0.3 is 0 Å². The summed E-state index contributed by atoms with van der Waals surface area (Å²) in [5, 5.41) is 11.7. The van der Waals surface area contributed by atoms with Gasteiger partial charge in [0.15, 0.2) is 11.6 Å². The Hall–Kier alpha value is -1.23. The van der Waals surface area contributed by atoms with Crippen LogP contribution in [-0.4, -0.2) is 27.7 Å². The lowest BCUT2D eigenvalue weighted by atomic mass is 10.3. The lowest BCUT2D eigenvalue weighted by molar-refractivity contribution is 0.208. The van der Waals surface area contributed by atoms with Gasteiger partial charge in [0.05, 0.1) is 11.8 Å². The van der Waals surface area contributed by atoms with E-state index in [-0.39, 0.29) is 12.4 Å². The molecule has 0 amide bonds. The van der Waals surface area contributed by atoms with E-state index in [4.69, 9.17) is 5.11 Å². The largest absolute Gasteiger partial charge is 0.392 e. The van der Waals surface area contributed by atoms with E-state index in [1.807, 2.05) is 6.92 Å². The van der Waals surface area contributed by atoms with Crippen molar-refractivity contribution in [1.29, 1.82) is 0 Å². The van der Waals surface area contributed by atoms with E-state index in [2.05, 4.69) is 15.3 Å². The van der Waals surface area contributed by atoms with E-state index in [0.29, 0.717) is 12.1 Å². The Morgan fingerprint density at radius 1 is 1.57 bits per heavy atom. The summed E-state index contributed by atoms with van der Waals surface area (Å²) < 4.78 is 13.5. The Labute approximate surface area is 82.2 Å². The lowest BCUT2D eigenvalue weighted by Crippen LogP contribution is -2.17. The molecule has 0 aliphatic rings. The number of aromatic nitrogens is 2. The summed E-state index contributed by atoms with van der Waals surface area (Å²) in [7, 11) is 0. The predicted molar refractivity (Wildman–Crippen MR) is 51.5 cm³/mol. The zero-order valence-corrected chi connectivity index (χ0v) is 8.29. The molecular formula is C9H14FN3O. The average Bonchev–Trinajstić information content (AvgIpc) is 2.16. The second-order valence-corrected chi connectivity index (χ2v) is 3.07. The summed E-state index contributed by atoms with van der Waals surface area (Å²) in [5.41, 5.74) is 0.382. The third-order valence-corrected chi connectivity index (χ3v) is 1.76. The SMILES string of the molecule is CCc1ncnc(NC[C@H](C)O)c1F. The molecule has 0 saturated carbocycles. The molecule has 1 aromatic rings. The van der Waals surface area contributed by atoms with Crippen LogP contribution in [0.4, 0.5) is 10.2 Å². The van der Waals surface area contributed by atoms with Gasteiger partial charge in [-0.25, -0.2) is 14.4 Å². The first-order valence-corrected chi connectivity index (χ1v) is 4.56. The van der Waals surface area contributed by atoms with E-state index in [0.717, 1.165) is 0 Å². The Bertz CT molecular complexity index is 304. The van der Waals surface area contributed by atoms with Crippen molar-refractivity contribution in [2.45, 2.75) is 26.4 Å². The molecule has 0 spiro atoms. The van der Waals surface area contributed by atoms with Crippen LogP contribution in [-0.2, 0) is 6.42 Å². The van der Waals surface area contributed by atoms with Crippen molar-refractivity contribution in [3.05, 3.63) is 17.8 Å². The summed E-state index contributed by atoms with van der Waals surface area (Å²) in [6.45, 7) is 3.72. The van der Waals surface area contributed by atoms with Gasteiger partial charge in [0.1, 0.15) is 6.33 Å². The summed E-state index contributed by atoms with van der Waals surface area (Å²) in [6, 6.07) is 0. The fraction of sp³-hybridized carbons (Fsp3) is 0.556. The van der Waals surface area contributed by atoms with Crippen LogP contribution in [0.5, 0.6) is 0 Å². The van der Waals surface area contributed by atoms with Gasteiger partial charge < -0.3 is 10.4 Å². The summed E-state index contributed by atoms with van der Waals surface area (Å²) >= 11 is 0. The van der Waals surface area contributed by atoms with Crippen molar-refractivity contribution in [3.63, 3.8) is 0 Å². The molecule has 5 heteroatoms. The highest BCUT2D eigenvalue weighted by atomic mass is 19.1. The molecule has 0 aliphatic heterocycles. The number of aliphatic hydroxyl groups is 1. The quantitative estimate of drug-likeness (QED) is 0.758. The molecule has 1 atom stereocenters. The van der Waals surface area contributed by atoms with Gasteiger partial charge in [-0.1, -0.05) is 6.92 Å². The molecule has 14 heavy (non-hydrogen) atoms. The maximum absolute atomic E-state index is 13.5. The molecule has 78 valence electrons. The molecule has 0 saturated heterocycles. The van der Waals surface area contributed by atoms with Crippen LogP contribution in [0.15, 0.2) is 6.33 Å². The van der Waals surface area contributed by atoms with E-state index in [1.165, 1.54) is 6.33 Å². The molecule has 0 radical (unpaired) electrons. The topological polar surface area (TPSA) is 58.0 Å².